The Morgan fingerprint density at radius 3 is 2.28 bits per heavy atom. The van der Waals surface area contributed by atoms with Crippen LogP contribution in [0.25, 0.3) is 0 Å². The third-order valence-electron chi connectivity index (χ3n) is 4.65. The monoisotopic (exact) mass is 390 g/mol. The van der Waals surface area contributed by atoms with Gasteiger partial charge in [0.25, 0.3) is 11.8 Å². The van der Waals surface area contributed by atoms with Gasteiger partial charge in [0.1, 0.15) is 5.82 Å². The largest absolute Gasteiger partial charge is 0.352 e. The van der Waals surface area contributed by atoms with Crippen LogP contribution < -0.4 is 10.6 Å². The van der Waals surface area contributed by atoms with Gasteiger partial charge in [-0.05, 0) is 60.4 Å². The highest BCUT2D eigenvalue weighted by Crippen LogP contribution is 2.17. The second-order valence-electron chi connectivity index (χ2n) is 6.68. The number of hydrogen-bond acceptors (Lipinski definition) is 2. The highest BCUT2D eigenvalue weighted by Gasteiger charge is 2.12. The highest BCUT2D eigenvalue weighted by atomic mass is 19.1. The zero-order valence-corrected chi connectivity index (χ0v) is 16.2. The average Bonchev–Trinajstić information content (AvgIpc) is 2.75. The molecule has 148 valence electrons. The van der Waals surface area contributed by atoms with E-state index in [1.165, 1.54) is 12.1 Å². The minimum atomic E-state index is -0.283. The molecule has 5 heteroatoms. The SMILES string of the molecule is CCc1ccccc1NC(=O)c1cccc(C(=O)NCCc2ccc(F)cc2)c1. The van der Waals surface area contributed by atoms with Gasteiger partial charge in [0.2, 0.25) is 0 Å². The predicted octanol–water partition coefficient (Wildman–Crippen LogP) is 4.61. The second kappa shape index (κ2) is 9.64. The van der Waals surface area contributed by atoms with Crippen molar-refractivity contribution in [3.63, 3.8) is 0 Å². The van der Waals surface area contributed by atoms with Crippen molar-refractivity contribution in [3.05, 3.63) is 101 Å². The molecule has 0 heterocycles. The van der Waals surface area contributed by atoms with Crippen LogP contribution in [0.5, 0.6) is 0 Å². The maximum atomic E-state index is 12.9. The van der Waals surface area contributed by atoms with Crippen LogP contribution in [0.3, 0.4) is 0 Å². The Labute approximate surface area is 169 Å². The summed E-state index contributed by atoms with van der Waals surface area (Å²) in [5, 5.41) is 5.74. The van der Waals surface area contributed by atoms with Crippen LogP contribution in [0.1, 0.15) is 38.8 Å². The Kier molecular flexibility index (Phi) is 6.74. The van der Waals surface area contributed by atoms with Crippen LogP contribution in [0.2, 0.25) is 0 Å². The number of hydrogen-bond donors (Lipinski definition) is 2. The molecule has 0 saturated heterocycles. The van der Waals surface area contributed by atoms with Gasteiger partial charge in [-0.15, -0.1) is 0 Å². The Morgan fingerprint density at radius 2 is 1.55 bits per heavy atom. The molecule has 0 aromatic heterocycles. The lowest BCUT2D eigenvalue weighted by atomic mass is 10.1. The van der Waals surface area contributed by atoms with Gasteiger partial charge in [-0.25, -0.2) is 4.39 Å². The van der Waals surface area contributed by atoms with Crippen molar-refractivity contribution in [3.8, 4) is 0 Å². The van der Waals surface area contributed by atoms with E-state index in [2.05, 4.69) is 10.6 Å². The topological polar surface area (TPSA) is 58.2 Å². The van der Waals surface area contributed by atoms with Crippen LogP contribution in [-0.2, 0) is 12.8 Å². The number of aryl methyl sites for hydroxylation is 1. The molecule has 2 N–H and O–H groups in total. The molecule has 0 fully saturated rings. The molecular weight excluding hydrogens is 367 g/mol. The molecule has 3 rings (SSSR count). The summed E-state index contributed by atoms with van der Waals surface area (Å²) < 4.78 is 12.9. The van der Waals surface area contributed by atoms with Crippen molar-refractivity contribution in [2.75, 3.05) is 11.9 Å². The van der Waals surface area contributed by atoms with Gasteiger partial charge in [-0.3, -0.25) is 9.59 Å². The molecule has 29 heavy (non-hydrogen) atoms. The number of anilines is 1. The molecule has 0 aliphatic carbocycles. The maximum Gasteiger partial charge on any atom is 0.255 e. The van der Waals surface area contributed by atoms with Crippen molar-refractivity contribution < 1.29 is 14.0 Å². The fraction of sp³-hybridized carbons (Fsp3) is 0.167. The quantitative estimate of drug-likeness (QED) is 0.619. The zero-order valence-electron chi connectivity index (χ0n) is 16.2. The lowest BCUT2D eigenvalue weighted by molar-refractivity contribution is 0.0954. The maximum absolute atomic E-state index is 12.9. The number of halogens is 1. The zero-order chi connectivity index (χ0) is 20.6. The van der Waals surface area contributed by atoms with Gasteiger partial charge in [0, 0.05) is 23.4 Å². The number of rotatable bonds is 7. The molecular formula is C24H23FN2O2. The first-order valence-corrected chi connectivity index (χ1v) is 9.59. The summed E-state index contributed by atoms with van der Waals surface area (Å²) in [6.07, 6.45) is 1.41. The molecule has 0 atom stereocenters. The van der Waals surface area contributed by atoms with Crippen LogP contribution in [-0.4, -0.2) is 18.4 Å². The third-order valence-corrected chi connectivity index (χ3v) is 4.65. The second-order valence-corrected chi connectivity index (χ2v) is 6.68. The molecule has 0 spiro atoms. The fourth-order valence-electron chi connectivity index (χ4n) is 3.02. The van der Waals surface area contributed by atoms with Gasteiger partial charge in [-0.2, -0.15) is 0 Å². The Hall–Kier alpha value is -3.47. The first kappa shape index (κ1) is 20.3. The van der Waals surface area contributed by atoms with E-state index in [9.17, 15) is 14.0 Å². The standard InChI is InChI=1S/C24H23FN2O2/c1-2-18-6-3-4-9-22(18)27-24(29)20-8-5-7-19(16-20)23(28)26-15-14-17-10-12-21(25)13-11-17/h3-13,16H,2,14-15H2,1H3,(H,26,28)(H,27,29). The smallest absolute Gasteiger partial charge is 0.255 e. The molecule has 0 bridgehead atoms. The number of benzene rings is 3. The van der Waals surface area contributed by atoms with Gasteiger partial charge in [0.05, 0.1) is 0 Å². The van der Waals surface area contributed by atoms with Gasteiger partial charge in [-0.1, -0.05) is 43.3 Å². The molecule has 4 nitrogen and oxygen atoms in total. The third kappa shape index (κ3) is 5.51. The van der Waals surface area contributed by atoms with Crippen LogP contribution in [0.4, 0.5) is 10.1 Å². The molecule has 0 unspecified atom stereocenters. The summed E-state index contributed by atoms with van der Waals surface area (Å²) in [7, 11) is 0. The fourth-order valence-corrected chi connectivity index (χ4v) is 3.02. The van der Waals surface area contributed by atoms with Crippen molar-refractivity contribution in [1.29, 1.82) is 0 Å². The summed E-state index contributed by atoms with van der Waals surface area (Å²) in [4.78, 5) is 25.0. The minimum absolute atomic E-state index is 0.254. The minimum Gasteiger partial charge on any atom is -0.352 e. The molecule has 2 amide bonds. The van der Waals surface area contributed by atoms with Gasteiger partial charge >= 0.3 is 0 Å². The number of para-hydroxylation sites is 1. The van der Waals surface area contributed by atoms with Crippen molar-refractivity contribution in [2.45, 2.75) is 19.8 Å². The Morgan fingerprint density at radius 1 is 0.862 bits per heavy atom. The first-order chi connectivity index (χ1) is 14.1. The normalized spacial score (nSPS) is 10.4. The van der Waals surface area contributed by atoms with Crippen molar-refractivity contribution >= 4 is 17.5 Å². The summed E-state index contributed by atoms with van der Waals surface area (Å²) in [5.74, 6) is -0.794. The molecule has 0 aliphatic rings. The lowest BCUT2D eigenvalue weighted by Crippen LogP contribution is -2.26. The summed E-state index contributed by atoms with van der Waals surface area (Å²) in [5.41, 5.74) is 3.60. The Bertz CT molecular complexity index is 1000. The molecule has 3 aromatic carbocycles. The number of amides is 2. The summed E-state index contributed by atoms with van der Waals surface area (Å²) in [6.45, 7) is 2.45. The van der Waals surface area contributed by atoms with Gasteiger partial charge < -0.3 is 10.6 Å². The molecule has 0 radical (unpaired) electrons. The summed E-state index contributed by atoms with van der Waals surface area (Å²) in [6, 6.07) is 20.5. The van der Waals surface area contributed by atoms with Crippen LogP contribution in [0.15, 0.2) is 72.8 Å². The van der Waals surface area contributed by atoms with E-state index in [1.54, 1.807) is 36.4 Å². The predicted molar refractivity (Wildman–Crippen MR) is 113 cm³/mol. The molecule has 3 aromatic rings. The number of carbonyl (C=O) groups is 2. The van der Waals surface area contributed by atoms with E-state index in [4.69, 9.17) is 0 Å². The first-order valence-electron chi connectivity index (χ1n) is 9.59. The van der Waals surface area contributed by atoms with Crippen LogP contribution >= 0.6 is 0 Å². The van der Waals surface area contributed by atoms with E-state index in [1.807, 2.05) is 31.2 Å². The van der Waals surface area contributed by atoms with Crippen molar-refractivity contribution in [2.24, 2.45) is 0 Å². The Balaban J connectivity index is 1.61. The molecule has 0 saturated carbocycles. The average molecular weight is 390 g/mol. The van der Waals surface area contributed by atoms with E-state index >= 15 is 0 Å². The van der Waals surface area contributed by atoms with E-state index in [-0.39, 0.29) is 17.6 Å². The number of carbonyl (C=O) groups excluding carboxylic acids is 2. The van der Waals surface area contributed by atoms with Crippen molar-refractivity contribution in [1.82, 2.24) is 5.32 Å². The summed E-state index contributed by atoms with van der Waals surface area (Å²) >= 11 is 0. The van der Waals surface area contributed by atoms with E-state index in [0.29, 0.717) is 24.1 Å². The number of nitrogens with one attached hydrogen (secondary N) is 2. The molecule has 0 aliphatic heterocycles. The van der Waals surface area contributed by atoms with Gasteiger partial charge in [0.15, 0.2) is 0 Å². The highest BCUT2D eigenvalue weighted by molar-refractivity contribution is 6.06. The van der Waals surface area contributed by atoms with E-state index in [0.717, 1.165) is 23.2 Å². The lowest BCUT2D eigenvalue weighted by Gasteiger charge is -2.11. The van der Waals surface area contributed by atoms with E-state index < -0.39 is 0 Å². The van der Waals surface area contributed by atoms with Crippen LogP contribution in [0, 0.1) is 5.82 Å².